The predicted molar refractivity (Wildman–Crippen MR) is 93.5 cm³/mol. The number of likely N-dealkylation sites (tertiary alicyclic amines) is 1. The average Bonchev–Trinajstić information content (AvgIpc) is 2.92. The Morgan fingerprint density at radius 2 is 2.04 bits per heavy atom. The van der Waals surface area contributed by atoms with E-state index in [0.29, 0.717) is 25.1 Å². The summed E-state index contributed by atoms with van der Waals surface area (Å²) in [4.78, 5) is 19.2. The fraction of sp³-hybridized carbons (Fsp3) is 0.412. The number of carbonyl (C=O) groups is 1. The molecule has 1 aliphatic heterocycles. The molecule has 1 aromatic heterocycles. The first-order valence-corrected chi connectivity index (χ1v) is 9.77. The summed E-state index contributed by atoms with van der Waals surface area (Å²) in [5.41, 5.74) is 3.29. The van der Waals surface area contributed by atoms with Gasteiger partial charge in [-0.05, 0) is 38.5 Å². The highest BCUT2D eigenvalue weighted by atomic mass is 32.2. The van der Waals surface area contributed by atoms with Crippen LogP contribution in [-0.2, 0) is 10.0 Å². The van der Waals surface area contributed by atoms with Crippen molar-refractivity contribution in [1.29, 1.82) is 0 Å². The first-order chi connectivity index (χ1) is 11.2. The second kappa shape index (κ2) is 6.14. The predicted octanol–water partition coefficient (Wildman–Crippen LogP) is 1.62. The topological polar surface area (TPSA) is 79.4 Å². The van der Waals surface area contributed by atoms with Gasteiger partial charge in [0.2, 0.25) is 10.0 Å². The summed E-state index contributed by atoms with van der Waals surface area (Å²) in [6.45, 7) is 4.78. The zero-order valence-corrected chi connectivity index (χ0v) is 14.9. The molecule has 1 atom stereocenters. The van der Waals surface area contributed by atoms with E-state index >= 15 is 0 Å². The van der Waals surface area contributed by atoms with Gasteiger partial charge in [0.25, 0.3) is 5.91 Å². The Balaban J connectivity index is 1.91. The van der Waals surface area contributed by atoms with Crippen molar-refractivity contribution < 1.29 is 13.2 Å². The van der Waals surface area contributed by atoms with Crippen LogP contribution in [0.5, 0.6) is 0 Å². The van der Waals surface area contributed by atoms with E-state index in [-0.39, 0.29) is 11.9 Å². The Morgan fingerprint density at radius 3 is 2.75 bits per heavy atom. The summed E-state index contributed by atoms with van der Waals surface area (Å²) < 4.78 is 25.3. The van der Waals surface area contributed by atoms with Crippen LogP contribution < -0.4 is 4.72 Å². The largest absolute Gasteiger partial charge is 0.337 e. The Bertz CT molecular complexity index is 909. The lowest BCUT2D eigenvalue weighted by molar-refractivity contribution is 0.0792. The summed E-state index contributed by atoms with van der Waals surface area (Å²) in [6.07, 6.45) is 1.76. The van der Waals surface area contributed by atoms with Crippen LogP contribution in [0.3, 0.4) is 0 Å². The molecule has 128 valence electrons. The van der Waals surface area contributed by atoms with Crippen LogP contribution in [0.25, 0.3) is 10.9 Å². The lowest BCUT2D eigenvalue weighted by Gasteiger charge is -2.18. The number of nitrogens with one attached hydrogen (secondary N) is 1. The summed E-state index contributed by atoms with van der Waals surface area (Å²) >= 11 is 0. The van der Waals surface area contributed by atoms with Gasteiger partial charge in [-0.3, -0.25) is 9.78 Å². The molecule has 0 spiro atoms. The number of fused-ring (bicyclic) bond motifs is 1. The van der Waals surface area contributed by atoms with Gasteiger partial charge < -0.3 is 4.90 Å². The van der Waals surface area contributed by atoms with Gasteiger partial charge in [0.1, 0.15) is 0 Å². The standard InChI is InChI=1S/C17H21N3O3S/c1-11-4-5-16-14(8-11)15(9-12(2)18-16)17(21)20-7-6-13(10-20)19-24(3,22)23/h4-5,8-9,13,19H,6-7,10H2,1-3H3/t13-/m1/s1. The number of aromatic nitrogens is 1. The Kier molecular flexibility index (Phi) is 4.31. The number of hydrogen-bond acceptors (Lipinski definition) is 4. The van der Waals surface area contributed by atoms with E-state index in [1.807, 2.05) is 32.0 Å². The molecule has 6 nitrogen and oxygen atoms in total. The van der Waals surface area contributed by atoms with Crippen molar-refractivity contribution in [2.75, 3.05) is 19.3 Å². The van der Waals surface area contributed by atoms with Crippen LogP contribution in [0.15, 0.2) is 24.3 Å². The molecule has 1 aromatic carbocycles. The van der Waals surface area contributed by atoms with Gasteiger partial charge in [-0.25, -0.2) is 13.1 Å². The summed E-state index contributed by atoms with van der Waals surface area (Å²) in [5, 5.41) is 0.838. The number of carbonyl (C=O) groups excluding carboxylic acids is 1. The van der Waals surface area contributed by atoms with Gasteiger partial charge in [0.15, 0.2) is 0 Å². The maximum Gasteiger partial charge on any atom is 0.254 e. The molecule has 0 radical (unpaired) electrons. The van der Waals surface area contributed by atoms with Gasteiger partial charge in [0, 0.05) is 30.2 Å². The molecular weight excluding hydrogens is 326 g/mol. The maximum atomic E-state index is 13.0. The van der Waals surface area contributed by atoms with Crippen molar-refractivity contribution in [2.45, 2.75) is 26.3 Å². The Hall–Kier alpha value is -1.99. The van der Waals surface area contributed by atoms with Gasteiger partial charge in [0.05, 0.1) is 17.3 Å². The third-order valence-corrected chi connectivity index (χ3v) is 4.94. The second-order valence-electron chi connectivity index (χ2n) is 6.46. The quantitative estimate of drug-likeness (QED) is 0.915. The molecule has 7 heteroatoms. The molecule has 0 saturated carbocycles. The molecule has 0 aliphatic carbocycles. The van der Waals surface area contributed by atoms with Crippen LogP contribution in [0.4, 0.5) is 0 Å². The van der Waals surface area contributed by atoms with Crippen LogP contribution in [0.1, 0.15) is 28.0 Å². The molecule has 0 unspecified atom stereocenters. The van der Waals surface area contributed by atoms with Crippen LogP contribution in [0.2, 0.25) is 0 Å². The smallest absolute Gasteiger partial charge is 0.254 e. The zero-order chi connectivity index (χ0) is 17.5. The summed E-state index contributed by atoms with van der Waals surface area (Å²) in [7, 11) is -3.27. The third-order valence-electron chi connectivity index (χ3n) is 4.18. The van der Waals surface area contributed by atoms with Crippen molar-refractivity contribution in [3.8, 4) is 0 Å². The summed E-state index contributed by atoms with van der Waals surface area (Å²) in [5.74, 6) is -0.0751. The monoisotopic (exact) mass is 347 g/mol. The van der Waals surface area contributed by atoms with E-state index in [1.54, 1.807) is 11.0 Å². The van der Waals surface area contributed by atoms with Crippen LogP contribution >= 0.6 is 0 Å². The zero-order valence-electron chi connectivity index (χ0n) is 14.0. The number of pyridine rings is 1. The molecule has 1 amide bonds. The fourth-order valence-corrected chi connectivity index (χ4v) is 3.96. The molecule has 3 rings (SSSR count). The average molecular weight is 347 g/mol. The SMILES string of the molecule is Cc1ccc2nc(C)cc(C(=O)N3CC[C@@H](NS(C)(=O)=O)C3)c2c1. The highest BCUT2D eigenvalue weighted by molar-refractivity contribution is 7.88. The highest BCUT2D eigenvalue weighted by Crippen LogP contribution is 2.23. The highest BCUT2D eigenvalue weighted by Gasteiger charge is 2.29. The number of sulfonamides is 1. The molecule has 2 aromatic rings. The Morgan fingerprint density at radius 1 is 1.29 bits per heavy atom. The second-order valence-corrected chi connectivity index (χ2v) is 8.24. The first kappa shape index (κ1) is 16.9. The van der Waals surface area contributed by atoms with Gasteiger partial charge in [-0.1, -0.05) is 11.6 Å². The third kappa shape index (κ3) is 3.57. The molecule has 1 saturated heterocycles. The van der Waals surface area contributed by atoms with Crippen LogP contribution in [-0.4, -0.2) is 49.6 Å². The van der Waals surface area contributed by atoms with E-state index in [2.05, 4.69) is 9.71 Å². The van der Waals surface area contributed by atoms with Crippen molar-refractivity contribution in [2.24, 2.45) is 0 Å². The van der Waals surface area contributed by atoms with Crippen molar-refractivity contribution in [3.05, 3.63) is 41.1 Å². The molecule has 0 bridgehead atoms. The summed E-state index contributed by atoms with van der Waals surface area (Å²) in [6, 6.07) is 7.45. The van der Waals surface area contributed by atoms with E-state index in [1.165, 1.54) is 0 Å². The van der Waals surface area contributed by atoms with E-state index in [0.717, 1.165) is 28.4 Å². The molecule has 1 aliphatic rings. The van der Waals surface area contributed by atoms with Crippen molar-refractivity contribution in [3.63, 3.8) is 0 Å². The normalized spacial score (nSPS) is 18.3. The lowest BCUT2D eigenvalue weighted by Crippen LogP contribution is -2.37. The number of aryl methyl sites for hydroxylation is 2. The minimum atomic E-state index is -3.27. The Labute approximate surface area is 141 Å². The first-order valence-electron chi connectivity index (χ1n) is 7.87. The van der Waals surface area contributed by atoms with Gasteiger partial charge in [-0.15, -0.1) is 0 Å². The van der Waals surface area contributed by atoms with Gasteiger partial charge in [-0.2, -0.15) is 0 Å². The lowest BCUT2D eigenvalue weighted by atomic mass is 10.0. The molecular formula is C17H21N3O3S. The fourth-order valence-electron chi connectivity index (χ4n) is 3.16. The number of nitrogens with zero attached hydrogens (tertiary/aromatic N) is 2. The van der Waals surface area contributed by atoms with Gasteiger partial charge >= 0.3 is 0 Å². The number of benzene rings is 1. The van der Waals surface area contributed by atoms with Crippen molar-refractivity contribution >= 4 is 26.8 Å². The van der Waals surface area contributed by atoms with E-state index in [4.69, 9.17) is 0 Å². The molecule has 24 heavy (non-hydrogen) atoms. The number of amides is 1. The van der Waals surface area contributed by atoms with E-state index < -0.39 is 10.0 Å². The maximum absolute atomic E-state index is 13.0. The molecule has 1 fully saturated rings. The van der Waals surface area contributed by atoms with Crippen molar-refractivity contribution in [1.82, 2.24) is 14.6 Å². The minimum absolute atomic E-state index is 0.0751. The molecule has 2 heterocycles. The van der Waals surface area contributed by atoms with E-state index in [9.17, 15) is 13.2 Å². The number of hydrogen-bond donors (Lipinski definition) is 1. The number of rotatable bonds is 3. The minimum Gasteiger partial charge on any atom is -0.337 e. The molecule has 1 N–H and O–H groups in total. The van der Waals surface area contributed by atoms with Crippen LogP contribution in [0, 0.1) is 13.8 Å².